The van der Waals surface area contributed by atoms with Crippen molar-refractivity contribution in [2.24, 2.45) is 0 Å². The highest BCUT2D eigenvalue weighted by Gasteiger charge is 1.96. The van der Waals surface area contributed by atoms with Crippen molar-refractivity contribution in [2.75, 3.05) is 6.54 Å². The maximum atomic E-state index is 10.9. The molecule has 0 radical (unpaired) electrons. The van der Waals surface area contributed by atoms with Gasteiger partial charge in [-0.2, -0.15) is 0 Å². The van der Waals surface area contributed by atoms with Crippen molar-refractivity contribution < 1.29 is 9.90 Å². The van der Waals surface area contributed by atoms with Gasteiger partial charge in [0.05, 0.1) is 0 Å². The molecule has 15 heavy (non-hydrogen) atoms. The fourth-order valence-electron chi connectivity index (χ4n) is 1.13. The molecule has 0 aromatic heterocycles. The lowest BCUT2D eigenvalue weighted by atomic mass is 10.1. The van der Waals surface area contributed by atoms with Gasteiger partial charge in [0.2, 0.25) is 5.91 Å². The Morgan fingerprint density at radius 1 is 1.33 bits per heavy atom. The van der Waals surface area contributed by atoms with Gasteiger partial charge in [-0.25, -0.2) is 0 Å². The molecule has 0 bridgehead atoms. The Bertz CT molecular complexity index is 298. The van der Waals surface area contributed by atoms with Crippen molar-refractivity contribution >= 4 is 18.3 Å². The number of phenols is 1. The first-order chi connectivity index (χ1) is 6.72. The molecule has 0 fully saturated rings. The van der Waals surface area contributed by atoms with Gasteiger partial charge < -0.3 is 10.4 Å². The van der Waals surface area contributed by atoms with E-state index in [1.807, 2.05) is 19.1 Å². The maximum absolute atomic E-state index is 10.9. The van der Waals surface area contributed by atoms with Crippen LogP contribution in [0.3, 0.4) is 0 Å². The van der Waals surface area contributed by atoms with Crippen molar-refractivity contribution in [1.82, 2.24) is 5.32 Å². The van der Waals surface area contributed by atoms with Crippen LogP contribution in [0.1, 0.15) is 18.9 Å². The first-order valence-electron chi connectivity index (χ1n) is 4.77. The molecule has 1 aromatic rings. The molecule has 1 aromatic carbocycles. The lowest BCUT2D eigenvalue weighted by molar-refractivity contribution is -0.120. The molecule has 0 spiro atoms. The summed E-state index contributed by atoms with van der Waals surface area (Å²) >= 11 is 0. The summed E-state index contributed by atoms with van der Waals surface area (Å²) in [6.45, 7) is 2.48. The number of phenolic OH excluding ortho intramolecular Hbond substituents is 1. The minimum Gasteiger partial charge on any atom is -0.508 e. The van der Waals surface area contributed by atoms with E-state index in [9.17, 15) is 4.79 Å². The summed E-state index contributed by atoms with van der Waals surface area (Å²) in [4.78, 5) is 10.9. The Kier molecular flexibility index (Phi) is 6.54. The lowest BCUT2D eigenvalue weighted by Gasteiger charge is -2.03. The summed E-state index contributed by atoms with van der Waals surface area (Å²) < 4.78 is 0. The van der Waals surface area contributed by atoms with Gasteiger partial charge >= 0.3 is 0 Å². The number of nitrogens with one attached hydrogen (secondary N) is 1. The van der Waals surface area contributed by atoms with Gasteiger partial charge in [0.15, 0.2) is 0 Å². The molecule has 0 aliphatic carbocycles. The SMILES string of the molecule is CCC(=O)NCCc1ccc(O)cc1.Cl. The average Bonchev–Trinajstić information content (AvgIpc) is 2.21. The van der Waals surface area contributed by atoms with E-state index >= 15 is 0 Å². The highest BCUT2D eigenvalue weighted by Crippen LogP contribution is 2.09. The van der Waals surface area contributed by atoms with Crippen LogP contribution in [0.25, 0.3) is 0 Å². The largest absolute Gasteiger partial charge is 0.508 e. The predicted molar refractivity (Wildman–Crippen MR) is 62.4 cm³/mol. The van der Waals surface area contributed by atoms with E-state index in [0.717, 1.165) is 12.0 Å². The normalized spacial score (nSPS) is 9.13. The Morgan fingerprint density at radius 2 is 1.93 bits per heavy atom. The summed E-state index contributed by atoms with van der Waals surface area (Å²) in [6, 6.07) is 7.01. The summed E-state index contributed by atoms with van der Waals surface area (Å²) in [6.07, 6.45) is 1.32. The lowest BCUT2D eigenvalue weighted by Crippen LogP contribution is -2.24. The number of carbonyl (C=O) groups excluding carboxylic acids is 1. The van der Waals surface area contributed by atoms with Crippen LogP contribution in [0.4, 0.5) is 0 Å². The number of benzene rings is 1. The Balaban J connectivity index is 0.00000196. The number of halogens is 1. The molecule has 0 saturated heterocycles. The van der Waals surface area contributed by atoms with Crippen LogP contribution in [-0.2, 0) is 11.2 Å². The molecular formula is C11H16ClNO2. The molecule has 0 aliphatic heterocycles. The monoisotopic (exact) mass is 229 g/mol. The van der Waals surface area contributed by atoms with E-state index in [0.29, 0.717) is 13.0 Å². The van der Waals surface area contributed by atoms with Gasteiger partial charge in [0.25, 0.3) is 0 Å². The summed E-state index contributed by atoms with van der Waals surface area (Å²) in [5.41, 5.74) is 1.11. The highest BCUT2D eigenvalue weighted by molar-refractivity contribution is 5.85. The molecule has 1 rings (SSSR count). The molecule has 4 heteroatoms. The van der Waals surface area contributed by atoms with Gasteiger partial charge in [-0.05, 0) is 24.1 Å². The van der Waals surface area contributed by atoms with Gasteiger partial charge in [-0.1, -0.05) is 19.1 Å². The molecule has 3 nitrogen and oxygen atoms in total. The van der Waals surface area contributed by atoms with Crippen molar-refractivity contribution in [2.45, 2.75) is 19.8 Å². The molecule has 2 N–H and O–H groups in total. The number of amides is 1. The maximum Gasteiger partial charge on any atom is 0.219 e. The molecule has 0 atom stereocenters. The Labute approximate surface area is 95.9 Å². The van der Waals surface area contributed by atoms with E-state index < -0.39 is 0 Å². The molecule has 1 amide bonds. The van der Waals surface area contributed by atoms with Crippen molar-refractivity contribution in [3.63, 3.8) is 0 Å². The van der Waals surface area contributed by atoms with E-state index in [2.05, 4.69) is 5.32 Å². The fourth-order valence-corrected chi connectivity index (χ4v) is 1.13. The van der Waals surface area contributed by atoms with Gasteiger partial charge in [0, 0.05) is 13.0 Å². The molecule has 0 heterocycles. The number of hydrogen-bond acceptors (Lipinski definition) is 2. The Hall–Kier alpha value is -1.22. The van der Waals surface area contributed by atoms with Gasteiger partial charge in [-0.15, -0.1) is 12.4 Å². The fraction of sp³-hybridized carbons (Fsp3) is 0.364. The predicted octanol–water partition coefficient (Wildman–Crippen LogP) is 1.88. The number of hydrogen-bond donors (Lipinski definition) is 2. The Morgan fingerprint density at radius 3 is 2.47 bits per heavy atom. The third kappa shape index (κ3) is 5.27. The van der Waals surface area contributed by atoms with Crippen LogP contribution in [0.2, 0.25) is 0 Å². The second-order valence-electron chi connectivity index (χ2n) is 3.12. The minimum atomic E-state index is 0. The van der Waals surface area contributed by atoms with Gasteiger partial charge in [-0.3, -0.25) is 4.79 Å². The second-order valence-corrected chi connectivity index (χ2v) is 3.12. The number of rotatable bonds is 4. The van der Waals surface area contributed by atoms with E-state index in [1.165, 1.54) is 0 Å². The quantitative estimate of drug-likeness (QED) is 0.829. The van der Waals surface area contributed by atoms with Crippen LogP contribution < -0.4 is 5.32 Å². The zero-order valence-corrected chi connectivity index (χ0v) is 9.51. The minimum absolute atomic E-state index is 0. The van der Waals surface area contributed by atoms with Crippen molar-refractivity contribution in [3.05, 3.63) is 29.8 Å². The molecular weight excluding hydrogens is 214 g/mol. The van der Waals surface area contributed by atoms with E-state index in [1.54, 1.807) is 12.1 Å². The number of carbonyl (C=O) groups is 1. The van der Waals surface area contributed by atoms with Crippen molar-refractivity contribution in [3.8, 4) is 5.75 Å². The standard InChI is InChI=1S/C11H15NO2.ClH/c1-2-11(14)12-8-7-9-3-5-10(13)6-4-9;/h3-6,13H,2,7-8H2,1H3,(H,12,14);1H. The molecule has 0 unspecified atom stereocenters. The van der Waals surface area contributed by atoms with Crippen molar-refractivity contribution in [1.29, 1.82) is 0 Å². The van der Waals surface area contributed by atoms with Crippen LogP contribution in [-0.4, -0.2) is 17.6 Å². The zero-order chi connectivity index (χ0) is 10.4. The smallest absolute Gasteiger partial charge is 0.219 e. The summed E-state index contributed by atoms with van der Waals surface area (Å²) in [5.74, 6) is 0.343. The first kappa shape index (κ1) is 13.8. The van der Waals surface area contributed by atoms with Crippen LogP contribution in [0.15, 0.2) is 24.3 Å². The molecule has 0 saturated carbocycles. The van der Waals surface area contributed by atoms with Crippen LogP contribution in [0.5, 0.6) is 5.75 Å². The third-order valence-corrected chi connectivity index (χ3v) is 1.99. The van der Waals surface area contributed by atoms with E-state index in [-0.39, 0.29) is 24.1 Å². The zero-order valence-electron chi connectivity index (χ0n) is 8.69. The van der Waals surface area contributed by atoms with Gasteiger partial charge in [0.1, 0.15) is 5.75 Å². The molecule has 0 aliphatic rings. The first-order valence-corrected chi connectivity index (χ1v) is 4.77. The topological polar surface area (TPSA) is 49.3 Å². The van der Waals surface area contributed by atoms with E-state index in [4.69, 9.17) is 5.11 Å². The van der Waals surface area contributed by atoms with Crippen LogP contribution in [0, 0.1) is 0 Å². The highest BCUT2D eigenvalue weighted by atomic mass is 35.5. The van der Waals surface area contributed by atoms with Crippen LogP contribution >= 0.6 is 12.4 Å². The summed E-state index contributed by atoms with van der Waals surface area (Å²) in [7, 11) is 0. The summed E-state index contributed by atoms with van der Waals surface area (Å²) in [5, 5.41) is 11.8. The number of aromatic hydroxyl groups is 1. The average molecular weight is 230 g/mol. The third-order valence-electron chi connectivity index (χ3n) is 1.99. The second kappa shape index (κ2) is 7.12. The molecule has 84 valence electrons.